The zero-order chi connectivity index (χ0) is 15.5. The number of nitrogens with zero attached hydrogens (tertiary/aromatic N) is 2. The van der Waals surface area contributed by atoms with Crippen molar-refractivity contribution >= 4 is 27.5 Å². The fourth-order valence-corrected chi connectivity index (χ4v) is 4.78. The van der Waals surface area contributed by atoms with Gasteiger partial charge in [0, 0.05) is 23.1 Å². The van der Waals surface area contributed by atoms with Gasteiger partial charge in [0.05, 0.1) is 11.8 Å². The smallest absolute Gasteiger partial charge is 0.182 e. The minimum absolute atomic E-state index is 0.295. The minimum Gasteiger partial charge on any atom is -0.382 e. The Labute approximate surface area is 139 Å². The zero-order valence-corrected chi connectivity index (χ0v) is 14.4. The first-order valence-corrected chi connectivity index (χ1v) is 8.59. The Morgan fingerprint density at radius 2 is 2.14 bits per heavy atom. The van der Waals surface area contributed by atoms with E-state index >= 15 is 0 Å². The van der Waals surface area contributed by atoms with Crippen LogP contribution in [0.15, 0.2) is 32.7 Å². The van der Waals surface area contributed by atoms with Gasteiger partial charge in [-0.05, 0) is 49.8 Å². The van der Waals surface area contributed by atoms with E-state index in [1.54, 1.807) is 7.11 Å². The van der Waals surface area contributed by atoms with Crippen LogP contribution in [0.1, 0.15) is 43.2 Å². The van der Waals surface area contributed by atoms with E-state index in [0.29, 0.717) is 23.8 Å². The number of methoxy groups -OCH3 is 1. The van der Waals surface area contributed by atoms with E-state index in [1.165, 1.54) is 11.1 Å². The fourth-order valence-electron chi connectivity index (χ4n) is 4.42. The van der Waals surface area contributed by atoms with Crippen LogP contribution in [0, 0.1) is 5.92 Å². The van der Waals surface area contributed by atoms with Crippen LogP contribution in [0.3, 0.4) is 0 Å². The number of rotatable bonds is 1. The average Bonchev–Trinajstić information content (AvgIpc) is 2.95. The monoisotopic (exact) mass is 361 g/mol. The van der Waals surface area contributed by atoms with Crippen LogP contribution < -0.4 is 5.73 Å². The Balaban J connectivity index is 1.90. The Kier molecular flexibility index (Phi) is 3.20. The largest absolute Gasteiger partial charge is 0.382 e. The number of nitrogens with two attached hydrogens (primary N) is 1. The summed E-state index contributed by atoms with van der Waals surface area (Å²) in [6.45, 7) is 1.95. The third-order valence-electron chi connectivity index (χ3n) is 5.46. The van der Waals surface area contributed by atoms with Gasteiger partial charge in [0.2, 0.25) is 0 Å². The molecule has 1 aromatic rings. The van der Waals surface area contributed by atoms with Crippen LogP contribution in [0.2, 0.25) is 0 Å². The molecule has 116 valence electrons. The van der Waals surface area contributed by atoms with Gasteiger partial charge in [-0.15, -0.1) is 0 Å². The normalized spacial score (nSPS) is 36.0. The fraction of sp³-hybridized carbons (Fsp3) is 0.529. The van der Waals surface area contributed by atoms with Crippen molar-refractivity contribution in [3.8, 4) is 0 Å². The van der Waals surface area contributed by atoms with E-state index < -0.39 is 5.66 Å². The lowest BCUT2D eigenvalue weighted by Crippen LogP contribution is -2.35. The molecule has 1 aromatic carbocycles. The van der Waals surface area contributed by atoms with Crippen LogP contribution in [0.4, 0.5) is 0 Å². The lowest BCUT2D eigenvalue weighted by atomic mass is 9.75. The van der Waals surface area contributed by atoms with Gasteiger partial charge in [-0.25, -0.2) is 4.99 Å². The summed E-state index contributed by atoms with van der Waals surface area (Å²) < 4.78 is 6.71. The first kappa shape index (κ1) is 14.4. The third kappa shape index (κ3) is 1.85. The van der Waals surface area contributed by atoms with Crippen LogP contribution >= 0.6 is 15.9 Å². The highest BCUT2D eigenvalue weighted by Crippen LogP contribution is 2.59. The Bertz CT molecular complexity index is 679. The maximum atomic E-state index is 6.09. The van der Waals surface area contributed by atoms with Gasteiger partial charge in [-0.3, -0.25) is 4.99 Å². The SMILES string of the molecule is COC1CCC2c3ccc(Br)cc3C3(N=C(C)C(N)=N3)C2C1. The molecule has 0 aromatic heterocycles. The summed E-state index contributed by atoms with van der Waals surface area (Å²) in [4.78, 5) is 9.80. The molecule has 0 radical (unpaired) electrons. The van der Waals surface area contributed by atoms with Crippen molar-refractivity contribution in [1.29, 1.82) is 0 Å². The van der Waals surface area contributed by atoms with Crippen molar-refractivity contribution in [1.82, 2.24) is 0 Å². The molecule has 4 unspecified atom stereocenters. The molecule has 4 atom stereocenters. The maximum Gasteiger partial charge on any atom is 0.182 e. The molecular weight excluding hydrogens is 342 g/mol. The molecule has 2 aliphatic carbocycles. The van der Waals surface area contributed by atoms with Crippen molar-refractivity contribution in [2.75, 3.05) is 7.11 Å². The van der Waals surface area contributed by atoms with Crippen molar-refractivity contribution in [2.45, 2.75) is 43.9 Å². The van der Waals surface area contributed by atoms with Gasteiger partial charge in [0.25, 0.3) is 0 Å². The van der Waals surface area contributed by atoms with Crippen LogP contribution in [-0.2, 0) is 10.4 Å². The molecule has 0 amide bonds. The molecule has 1 heterocycles. The quantitative estimate of drug-likeness (QED) is 0.833. The summed E-state index contributed by atoms with van der Waals surface area (Å²) in [5, 5.41) is 0. The Morgan fingerprint density at radius 3 is 2.82 bits per heavy atom. The maximum absolute atomic E-state index is 6.09. The number of aliphatic imine (C=N–C) groups is 2. The third-order valence-corrected chi connectivity index (χ3v) is 5.96. The van der Waals surface area contributed by atoms with Crippen molar-refractivity contribution in [3.63, 3.8) is 0 Å². The van der Waals surface area contributed by atoms with E-state index in [1.807, 2.05) is 6.92 Å². The summed E-state index contributed by atoms with van der Waals surface area (Å²) in [6.07, 6.45) is 3.51. The van der Waals surface area contributed by atoms with Gasteiger partial charge in [0.15, 0.2) is 5.66 Å². The number of amidine groups is 1. The summed E-state index contributed by atoms with van der Waals surface area (Å²) in [7, 11) is 1.80. The Hall–Kier alpha value is -1.20. The van der Waals surface area contributed by atoms with Gasteiger partial charge in [-0.2, -0.15) is 0 Å². The number of benzene rings is 1. The summed E-state index contributed by atoms with van der Waals surface area (Å²) in [5.74, 6) is 1.42. The molecular formula is C17H20BrN3O. The molecule has 1 saturated carbocycles. The topological polar surface area (TPSA) is 60.0 Å². The first-order valence-electron chi connectivity index (χ1n) is 7.80. The molecule has 0 bridgehead atoms. The number of ether oxygens (including phenoxy) is 1. The summed E-state index contributed by atoms with van der Waals surface area (Å²) in [6, 6.07) is 6.53. The molecule has 4 nitrogen and oxygen atoms in total. The van der Waals surface area contributed by atoms with E-state index in [9.17, 15) is 0 Å². The van der Waals surface area contributed by atoms with Gasteiger partial charge < -0.3 is 10.5 Å². The highest BCUT2D eigenvalue weighted by Gasteiger charge is 2.56. The van der Waals surface area contributed by atoms with E-state index in [4.69, 9.17) is 20.5 Å². The van der Waals surface area contributed by atoms with E-state index in [0.717, 1.165) is 29.4 Å². The van der Waals surface area contributed by atoms with E-state index in [-0.39, 0.29) is 0 Å². The number of hydrogen-bond acceptors (Lipinski definition) is 4. The molecule has 1 spiro atoms. The standard InChI is InChI=1S/C17H20BrN3O/c1-9-16(19)21-17(20-9)14-7-10(18)3-5-12(14)13-6-4-11(22-2)8-15(13)17/h3,5,7,11,13,15H,4,6,8H2,1-2H3,(H2,19,21). The van der Waals surface area contributed by atoms with Gasteiger partial charge >= 0.3 is 0 Å². The molecule has 5 heteroatoms. The van der Waals surface area contributed by atoms with Crippen molar-refractivity contribution < 1.29 is 4.74 Å². The second kappa shape index (κ2) is 4.90. The highest BCUT2D eigenvalue weighted by atomic mass is 79.9. The number of fused-ring (bicyclic) bond motifs is 5. The lowest BCUT2D eigenvalue weighted by molar-refractivity contribution is 0.0293. The molecule has 0 saturated heterocycles. The van der Waals surface area contributed by atoms with E-state index in [2.05, 4.69) is 34.1 Å². The van der Waals surface area contributed by atoms with Gasteiger partial charge in [0.1, 0.15) is 5.84 Å². The predicted molar refractivity (Wildman–Crippen MR) is 91.4 cm³/mol. The zero-order valence-electron chi connectivity index (χ0n) is 12.8. The molecule has 4 rings (SSSR count). The summed E-state index contributed by atoms with van der Waals surface area (Å²) >= 11 is 3.60. The second-order valence-electron chi connectivity index (χ2n) is 6.54. The molecule has 3 aliphatic rings. The van der Waals surface area contributed by atoms with Crippen molar-refractivity contribution in [3.05, 3.63) is 33.8 Å². The molecule has 1 fully saturated rings. The molecule has 1 aliphatic heterocycles. The predicted octanol–water partition coefficient (Wildman–Crippen LogP) is 3.35. The second-order valence-corrected chi connectivity index (χ2v) is 7.45. The van der Waals surface area contributed by atoms with Crippen LogP contribution in [0.5, 0.6) is 0 Å². The highest BCUT2D eigenvalue weighted by molar-refractivity contribution is 9.10. The number of halogens is 1. The first-order chi connectivity index (χ1) is 10.5. The van der Waals surface area contributed by atoms with Crippen LogP contribution in [0.25, 0.3) is 0 Å². The minimum atomic E-state index is -0.533. The Morgan fingerprint density at radius 1 is 1.32 bits per heavy atom. The average molecular weight is 362 g/mol. The summed E-state index contributed by atoms with van der Waals surface area (Å²) in [5.41, 5.74) is 9.02. The molecule has 22 heavy (non-hydrogen) atoms. The number of hydrogen-bond donors (Lipinski definition) is 1. The lowest BCUT2D eigenvalue weighted by Gasteiger charge is -2.36. The van der Waals surface area contributed by atoms with Crippen molar-refractivity contribution in [2.24, 2.45) is 21.6 Å². The van der Waals surface area contributed by atoms with Crippen LogP contribution in [-0.4, -0.2) is 24.8 Å². The van der Waals surface area contributed by atoms with Gasteiger partial charge in [-0.1, -0.05) is 22.0 Å². The molecule has 2 N–H and O–H groups in total.